The molecule has 1 aromatic carbocycles. The van der Waals surface area contributed by atoms with E-state index in [-0.39, 0.29) is 0 Å². The summed E-state index contributed by atoms with van der Waals surface area (Å²) in [6, 6.07) is 7.89. The molecule has 0 unspecified atom stereocenters. The number of carbonyl (C=O) groups is 2. The molecular weight excluding hydrogens is 276 g/mol. The number of anilines is 1. The number of rotatable bonds is 4. The summed E-state index contributed by atoms with van der Waals surface area (Å²) >= 11 is 1.29. The maximum Gasteiger partial charge on any atom is 0.328 e. The van der Waals surface area contributed by atoms with Gasteiger partial charge in [0.2, 0.25) is 5.91 Å². The zero-order chi connectivity index (χ0) is 14.5. The number of carboxylic acid groups (broad SMARTS) is 1. The van der Waals surface area contributed by atoms with Crippen LogP contribution in [0.1, 0.15) is 5.56 Å². The molecule has 2 aromatic rings. The molecule has 0 spiro atoms. The number of amides is 1. The van der Waals surface area contributed by atoms with Crippen LogP contribution in [0.2, 0.25) is 0 Å². The van der Waals surface area contributed by atoms with Crippen LogP contribution in [0.4, 0.5) is 5.13 Å². The smallest absolute Gasteiger partial charge is 0.328 e. The van der Waals surface area contributed by atoms with Crippen molar-refractivity contribution in [3.05, 3.63) is 47.4 Å². The first-order chi connectivity index (χ1) is 9.54. The lowest BCUT2D eigenvalue weighted by molar-refractivity contribution is -0.131. The molecule has 1 aromatic heterocycles. The summed E-state index contributed by atoms with van der Waals surface area (Å²) in [5.74, 6) is -1.68. The summed E-state index contributed by atoms with van der Waals surface area (Å²) < 4.78 is 0. The quantitative estimate of drug-likeness (QED) is 0.848. The van der Waals surface area contributed by atoms with E-state index >= 15 is 0 Å². The third kappa shape index (κ3) is 3.76. The van der Waals surface area contributed by atoms with Crippen molar-refractivity contribution in [3.8, 4) is 11.3 Å². The van der Waals surface area contributed by atoms with Crippen LogP contribution in [0, 0.1) is 6.92 Å². The normalized spacial score (nSPS) is 10.7. The minimum absolute atomic E-state index is 0.431. The van der Waals surface area contributed by atoms with Gasteiger partial charge in [-0.15, -0.1) is 11.3 Å². The minimum atomic E-state index is -1.17. The van der Waals surface area contributed by atoms with Crippen LogP contribution < -0.4 is 5.32 Å². The van der Waals surface area contributed by atoms with Gasteiger partial charge in [0.05, 0.1) is 5.69 Å². The van der Waals surface area contributed by atoms with E-state index < -0.39 is 11.9 Å². The predicted molar refractivity (Wildman–Crippen MR) is 77.7 cm³/mol. The summed E-state index contributed by atoms with van der Waals surface area (Å²) in [7, 11) is 0. The first-order valence-corrected chi connectivity index (χ1v) is 6.67. The number of carbonyl (C=O) groups excluding carboxylic acids is 1. The van der Waals surface area contributed by atoms with Crippen LogP contribution in [0.5, 0.6) is 0 Å². The molecule has 2 rings (SSSR count). The number of benzene rings is 1. The monoisotopic (exact) mass is 288 g/mol. The Morgan fingerprint density at radius 3 is 2.60 bits per heavy atom. The Morgan fingerprint density at radius 1 is 1.25 bits per heavy atom. The zero-order valence-electron chi connectivity index (χ0n) is 10.7. The second-order valence-corrected chi connectivity index (χ2v) is 4.92. The molecule has 5 nitrogen and oxygen atoms in total. The van der Waals surface area contributed by atoms with Gasteiger partial charge in [0, 0.05) is 23.1 Å². The fourth-order valence-corrected chi connectivity index (χ4v) is 2.20. The molecule has 1 amide bonds. The van der Waals surface area contributed by atoms with Crippen molar-refractivity contribution in [3.63, 3.8) is 0 Å². The highest BCUT2D eigenvalue weighted by molar-refractivity contribution is 7.14. The summed E-state index contributed by atoms with van der Waals surface area (Å²) in [4.78, 5) is 26.0. The van der Waals surface area contributed by atoms with Crippen LogP contribution in [0.15, 0.2) is 41.8 Å². The molecule has 0 aliphatic heterocycles. The molecule has 0 radical (unpaired) electrons. The highest BCUT2D eigenvalue weighted by Gasteiger charge is 2.06. The highest BCUT2D eigenvalue weighted by atomic mass is 32.1. The number of nitrogens with one attached hydrogen (secondary N) is 1. The average Bonchev–Trinajstić information content (AvgIpc) is 2.85. The lowest BCUT2D eigenvalue weighted by Gasteiger charge is -1.97. The van der Waals surface area contributed by atoms with Crippen LogP contribution in [-0.2, 0) is 9.59 Å². The lowest BCUT2D eigenvalue weighted by Crippen LogP contribution is -2.08. The first kappa shape index (κ1) is 14.0. The molecule has 6 heteroatoms. The molecule has 0 fully saturated rings. The third-order valence-electron chi connectivity index (χ3n) is 2.46. The number of carboxylic acids is 1. The molecule has 0 atom stereocenters. The second kappa shape index (κ2) is 6.12. The molecule has 0 aliphatic carbocycles. The van der Waals surface area contributed by atoms with E-state index in [2.05, 4.69) is 10.3 Å². The number of aryl methyl sites for hydroxylation is 1. The first-order valence-electron chi connectivity index (χ1n) is 5.79. The van der Waals surface area contributed by atoms with Crippen molar-refractivity contribution in [1.29, 1.82) is 0 Å². The van der Waals surface area contributed by atoms with E-state index in [0.29, 0.717) is 5.13 Å². The minimum Gasteiger partial charge on any atom is -0.478 e. The van der Waals surface area contributed by atoms with Gasteiger partial charge in [0.25, 0.3) is 0 Å². The van der Waals surface area contributed by atoms with Crippen molar-refractivity contribution in [2.45, 2.75) is 6.92 Å². The van der Waals surface area contributed by atoms with Gasteiger partial charge in [-0.25, -0.2) is 9.78 Å². The van der Waals surface area contributed by atoms with E-state index in [4.69, 9.17) is 5.11 Å². The Morgan fingerprint density at radius 2 is 1.95 bits per heavy atom. The summed E-state index contributed by atoms with van der Waals surface area (Å²) in [5, 5.41) is 13.2. The van der Waals surface area contributed by atoms with Gasteiger partial charge in [-0.1, -0.05) is 29.8 Å². The van der Waals surface area contributed by atoms with E-state index in [1.807, 2.05) is 36.6 Å². The Hall–Kier alpha value is -2.47. The van der Waals surface area contributed by atoms with Crippen LogP contribution >= 0.6 is 11.3 Å². The van der Waals surface area contributed by atoms with Crippen molar-refractivity contribution in [1.82, 2.24) is 4.98 Å². The lowest BCUT2D eigenvalue weighted by atomic mass is 10.1. The van der Waals surface area contributed by atoms with Gasteiger partial charge < -0.3 is 5.11 Å². The third-order valence-corrected chi connectivity index (χ3v) is 3.22. The van der Waals surface area contributed by atoms with Gasteiger partial charge in [0.1, 0.15) is 0 Å². The number of thiazole rings is 1. The molecule has 0 saturated carbocycles. The fraction of sp³-hybridized carbons (Fsp3) is 0.0714. The maximum atomic E-state index is 11.4. The summed E-state index contributed by atoms with van der Waals surface area (Å²) in [6.45, 7) is 2.01. The number of hydrogen-bond donors (Lipinski definition) is 2. The second-order valence-electron chi connectivity index (χ2n) is 4.06. The summed E-state index contributed by atoms with van der Waals surface area (Å²) in [5.41, 5.74) is 2.90. The molecular formula is C14H12N2O3S. The van der Waals surface area contributed by atoms with Crippen molar-refractivity contribution < 1.29 is 14.7 Å². The van der Waals surface area contributed by atoms with E-state index in [0.717, 1.165) is 29.0 Å². The predicted octanol–water partition coefficient (Wildman–Crippen LogP) is 2.70. The fourth-order valence-electron chi connectivity index (χ4n) is 1.48. The van der Waals surface area contributed by atoms with Gasteiger partial charge in [0.15, 0.2) is 5.13 Å². The highest BCUT2D eigenvalue weighted by Crippen LogP contribution is 2.24. The standard InChI is InChI=1S/C14H12N2O3S/c1-9-2-4-10(5-3-9)11-8-20-14(15-11)16-12(17)6-7-13(18)19/h2-8H,1H3,(H,18,19)(H,15,16,17). The molecule has 20 heavy (non-hydrogen) atoms. The SMILES string of the molecule is Cc1ccc(-c2csc(NC(=O)C=CC(=O)O)n2)cc1. The Balaban J connectivity index is 2.07. The molecule has 2 N–H and O–H groups in total. The Labute approximate surface area is 119 Å². The number of aliphatic carboxylic acids is 1. The molecule has 0 aliphatic rings. The molecule has 102 valence electrons. The topological polar surface area (TPSA) is 79.3 Å². The average molecular weight is 288 g/mol. The van der Waals surface area contributed by atoms with Crippen LogP contribution in [0.3, 0.4) is 0 Å². The van der Waals surface area contributed by atoms with E-state index in [1.165, 1.54) is 11.3 Å². The van der Waals surface area contributed by atoms with Gasteiger partial charge in [-0.2, -0.15) is 0 Å². The van der Waals surface area contributed by atoms with Gasteiger partial charge >= 0.3 is 5.97 Å². The Kier molecular flexibility index (Phi) is 4.27. The van der Waals surface area contributed by atoms with Crippen molar-refractivity contribution >= 4 is 28.3 Å². The van der Waals surface area contributed by atoms with Gasteiger partial charge in [-0.05, 0) is 6.92 Å². The molecule has 0 bridgehead atoms. The molecule has 1 heterocycles. The maximum absolute atomic E-state index is 11.4. The van der Waals surface area contributed by atoms with Crippen molar-refractivity contribution in [2.24, 2.45) is 0 Å². The molecule has 0 saturated heterocycles. The van der Waals surface area contributed by atoms with Crippen molar-refractivity contribution in [2.75, 3.05) is 5.32 Å². The largest absolute Gasteiger partial charge is 0.478 e. The van der Waals surface area contributed by atoms with E-state index in [9.17, 15) is 9.59 Å². The Bertz CT molecular complexity index is 659. The number of hydrogen-bond acceptors (Lipinski definition) is 4. The van der Waals surface area contributed by atoms with Crippen LogP contribution in [-0.4, -0.2) is 22.0 Å². The van der Waals surface area contributed by atoms with Gasteiger partial charge in [-0.3, -0.25) is 10.1 Å². The zero-order valence-corrected chi connectivity index (χ0v) is 11.5. The number of aromatic nitrogens is 1. The number of nitrogens with zero attached hydrogens (tertiary/aromatic N) is 1. The summed E-state index contributed by atoms with van der Waals surface area (Å²) in [6.07, 6.45) is 1.74. The van der Waals surface area contributed by atoms with Crippen LogP contribution in [0.25, 0.3) is 11.3 Å². The van der Waals surface area contributed by atoms with E-state index in [1.54, 1.807) is 0 Å².